The Bertz CT molecular complexity index is 409. The first-order chi connectivity index (χ1) is 9.92. The van der Waals surface area contributed by atoms with Gasteiger partial charge in [-0.15, -0.1) is 0 Å². The number of piperazine rings is 1. The minimum atomic E-state index is -0.229. The van der Waals surface area contributed by atoms with Gasteiger partial charge in [-0.2, -0.15) is 5.26 Å². The predicted octanol–water partition coefficient (Wildman–Crippen LogP) is 1.97. The van der Waals surface area contributed by atoms with Crippen molar-refractivity contribution in [1.82, 2.24) is 15.1 Å². The summed E-state index contributed by atoms with van der Waals surface area (Å²) in [5.41, 5.74) is 0.0543. The maximum Gasteiger partial charge on any atom is 0.108 e. The van der Waals surface area contributed by atoms with Crippen molar-refractivity contribution in [3.63, 3.8) is 0 Å². The van der Waals surface area contributed by atoms with Crippen molar-refractivity contribution >= 4 is 0 Å². The zero-order valence-corrected chi connectivity index (χ0v) is 13.9. The molecule has 0 radical (unpaired) electrons. The van der Waals surface area contributed by atoms with Gasteiger partial charge in [0.1, 0.15) is 5.54 Å². The first kappa shape index (κ1) is 15.3. The van der Waals surface area contributed by atoms with E-state index in [4.69, 9.17) is 0 Å². The second-order valence-corrected chi connectivity index (χ2v) is 8.20. The Labute approximate surface area is 129 Å². The predicted molar refractivity (Wildman–Crippen MR) is 85.0 cm³/mol. The molecule has 1 heterocycles. The average Bonchev–Trinajstić information content (AvgIpc) is 3.15. The van der Waals surface area contributed by atoms with Crippen molar-refractivity contribution in [3.05, 3.63) is 0 Å². The molecule has 0 amide bonds. The molecule has 21 heavy (non-hydrogen) atoms. The van der Waals surface area contributed by atoms with Gasteiger partial charge in [0.05, 0.1) is 6.07 Å². The van der Waals surface area contributed by atoms with Crippen LogP contribution in [0.5, 0.6) is 0 Å². The van der Waals surface area contributed by atoms with Gasteiger partial charge in [0.25, 0.3) is 0 Å². The lowest BCUT2D eigenvalue weighted by molar-refractivity contribution is 0.0422. The van der Waals surface area contributed by atoms with Crippen molar-refractivity contribution in [2.24, 2.45) is 0 Å². The van der Waals surface area contributed by atoms with Gasteiger partial charge in [-0.3, -0.25) is 15.1 Å². The summed E-state index contributed by atoms with van der Waals surface area (Å²) < 4.78 is 0. The number of nitriles is 1. The van der Waals surface area contributed by atoms with Crippen LogP contribution in [0.15, 0.2) is 0 Å². The third-order valence-corrected chi connectivity index (χ3v) is 5.54. The van der Waals surface area contributed by atoms with Crippen LogP contribution in [0.3, 0.4) is 0 Å². The highest BCUT2D eigenvalue weighted by Gasteiger charge is 2.45. The molecule has 1 saturated heterocycles. The summed E-state index contributed by atoms with van der Waals surface area (Å²) in [7, 11) is 0. The molecule has 3 fully saturated rings. The van der Waals surface area contributed by atoms with Crippen LogP contribution >= 0.6 is 0 Å². The van der Waals surface area contributed by atoms with Crippen LogP contribution in [0, 0.1) is 11.3 Å². The monoisotopic (exact) mass is 290 g/mol. The Morgan fingerprint density at radius 3 is 2.29 bits per heavy atom. The SMILES string of the molecule is CC(C)(C)N1CCN(C2CCC(C#N)(NC3CC3)C2)CC1. The van der Waals surface area contributed by atoms with E-state index in [0.717, 1.165) is 39.0 Å². The number of hydrogen-bond donors (Lipinski definition) is 1. The normalized spacial score (nSPS) is 35.8. The van der Waals surface area contributed by atoms with Crippen LogP contribution in [0.2, 0.25) is 0 Å². The molecule has 1 aliphatic heterocycles. The van der Waals surface area contributed by atoms with E-state index in [-0.39, 0.29) is 11.1 Å². The lowest BCUT2D eigenvalue weighted by Gasteiger charge is -2.44. The molecular weight excluding hydrogens is 260 g/mol. The van der Waals surface area contributed by atoms with Gasteiger partial charge < -0.3 is 0 Å². The molecule has 2 atom stereocenters. The Balaban J connectivity index is 1.54. The Hall–Kier alpha value is -0.630. The number of hydrogen-bond acceptors (Lipinski definition) is 4. The van der Waals surface area contributed by atoms with Gasteiger partial charge in [0, 0.05) is 43.8 Å². The van der Waals surface area contributed by atoms with Gasteiger partial charge in [0.2, 0.25) is 0 Å². The van der Waals surface area contributed by atoms with Crippen LogP contribution in [0.4, 0.5) is 0 Å². The van der Waals surface area contributed by atoms with E-state index in [0.29, 0.717) is 12.1 Å². The number of rotatable bonds is 3. The lowest BCUT2D eigenvalue weighted by atomic mass is 9.98. The lowest BCUT2D eigenvalue weighted by Crippen LogP contribution is -2.55. The van der Waals surface area contributed by atoms with E-state index in [9.17, 15) is 5.26 Å². The topological polar surface area (TPSA) is 42.3 Å². The van der Waals surface area contributed by atoms with E-state index in [2.05, 4.69) is 42.0 Å². The molecule has 0 bridgehead atoms. The minimum Gasteiger partial charge on any atom is -0.298 e. The van der Waals surface area contributed by atoms with Crippen LogP contribution in [-0.4, -0.2) is 59.1 Å². The molecule has 4 heteroatoms. The summed E-state index contributed by atoms with van der Waals surface area (Å²) in [6, 6.07) is 3.84. The van der Waals surface area contributed by atoms with Gasteiger partial charge in [0.15, 0.2) is 0 Å². The molecule has 0 spiro atoms. The van der Waals surface area contributed by atoms with Gasteiger partial charge in [-0.1, -0.05) is 0 Å². The second kappa shape index (κ2) is 5.53. The molecule has 0 aromatic heterocycles. The second-order valence-electron chi connectivity index (χ2n) is 8.20. The molecule has 2 saturated carbocycles. The van der Waals surface area contributed by atoms with Crippen molar-refractivity contribution in [2.75, 3.05) is 26.2 Å². The standard InChI is InChI=1S/C17H30N4/c1-16(2,3)21-10-8-20(9-11-21)15-6-7-17(12-15,13-18)19-14-4-5-14/h14-15,19H,4-12H2,1-3H3. The summed E-state index contributed by atoms with van der Waals surface area (Å²) in [4.78, 5) is 5.22. The van der Waals surface area contributed by atoms with Crippen molar-refractivity contribution in [3.8, 4) is 6.07 Å². The van der Waals surface area contributed by atoms with E-state index < -0.39 is 0 Å². The van der Waals surface area contributed by atoms with E-state index in [1.165, 1.54) is 19.3 Å². The molecular formula is C17H30N4. The maximum atomic E-state index is 9.62. The molecule has 2 aliphatic carbocycles. The molecule has 118 valence electrons. The van der Waals surface area contributed by atoms with Crippen LogP contribution < -0.4 is 5.32 Å². The van der Waals surface area contributed by atoms with Crippen molar-refractivity contribution in [2.45, 2.75) is 76.0 Å². The summed E-state index contributed by atoms with van der Waals surface area (Å²) >= 11 is 0. The van der Waals surface area contributed by atoms with Gasteiger partial charge in [-0.05, 0) is 52.9 Å². The minimum absolute atomic E-state index is 0.229. The van der Waals surface area contributed by atoms with E-state index >= 15 is 0 Å². The van der Waals surface area contributed by atoms with Crippen LogP contribution in [0.25, 0.3) is 0 Å². The smallest absolute Gasteiger partial charge is 0.108 e. The highest BCUT2D eigenvalue weighted by molar-refractivity contribution is 5.15. The largest absolute Gasteiger partial charge is 0.298 e. The fraction of sp³-hybridized carbons (Fsp3) is 0.941. The molecule has 2 unspecified atom stereocenters. The fourth-order valence-electron chi connectivity index (χ4n) is 3.97. The molecule has 0 aromatic rings. The summed E-state index contributed by atoms with van der Waals surface area (Å²) in [5, 5.41) is 13.2. The highest BCUT2D eigenvalue weighted by Crippen LogP contribution is 2.36. The molecule has 4 nitrogen and oxygen atoms in total. The third-order valence-electron chi connectivity index (χ3n) is 5.54. The van der Waals surface area contributed by atoms with Crippen molar-refractivity contribution < 1.29 is 0 Å². The Kier molecular flexibility index (Phi) is 4.02. The summed E-state index contributed by atoms with van der Waals surface area (Å²) in [6.45, 7) is 11.6. The maximum absolute atomic E-state index is 9.62. The average molecular weight is 290 g/mol. The molecule has 0 aromatic carbocycles. The quantitative estimate of drug-likeness (QED) is 0.863. The Morgan fingerprint density at radius 1 is 1.10 bits per heavy atom. The fourth-order valence-corrected chi connectivity index (χ4v) is 3.97. The van der Waals surface area contributed by atoms with Gasteiger partial charge >= 0.3 is 0 Å². The van der Waals surface area contributed by atoms with Crippen molar-refractivity contribution in [1.29, 1.82) is 5.26 Å². The molecule has 3 rings (SSSR count). The summed E-state index contributed by atoms with van der Waals surface area (Å²) in [6.07, 6.45) is 5.76. The van der Waals surface area contributed by atoms with Crippen LogP contribution in [0.1, 0.15) is 52.9 Å². The zero-order valence-electron chi connectivity index (χ0n) is 13.9. The number of nitrogens with zero attached hydrogens (tertiary/aromatic N) is 3. The first-order valence-electron chi connectivity index (χ1n) is 8.60. The first-order valence-corrected chi connectivity index (χ1v) is 8.60. The van der Waals surface area contributed by atoms with Gasteiger partial charge in [-0.25, -0.2) is 0 Å². The van der Waals surface area contributed by atoms with Crippen LogP contribution in [-0.2, 0) is 0 Å². The highest BCUT2D eigenvalue weighted by atomic mass is 15.3. The Morgan fingerprint density at radius 2 is 1.76 bits per heavy atom. The summed E-state index contributed by atoms with van der Waals surface area (Å²) in [5.74, 6) is 0. The van der Waals surface area contributed by atoms with E-state index in [1.54, 1.807) is 0 Å². The number of nitrogens with one attached hydrogen (secondary N) is 1. The zero-order chi connectivity index (χ0) is 15.1. The molecule has 3 aliphatic rings. The molecule has 1 N–H and O–H groups in total. The van der Waals surface area contributed by atoms with E-state index in [1.807, 2.05) is 0 Å². The third kappa shape index (κ3) is 3.41.